The minimum atomic E-state index is 0.880. The summed E-state index contributed by atoms with van der Waals surface area (Å²) in [5, 5.41) is 8.95. The van der Waals surface area contributed by atoms with Crippen LogP contribution in [-0.2, 0) is 0 Å². The van der Waals surface area contributed by atoms with Crippen molar-refractivity contribution in [2.24, 2.45) is 0 Å². The number of anilines is 2. The Morgan fingerprint density at radius 2 is 1.17 bits per heavy atom. The van der Waals surface area contributed by atoms with E-state index in [0.717, 1.165) is 6.54 Å². The van der Waals surface area contributed by atoms with Gasteiger partial charge in [0.05, 0.1) is 16.9 Å². The first-order chi connectivity index (χ1) is 17.8. The highest BCUT2D eigenvalue weighted by molar-refractivity contribution is 6.13. The quantitative estimate of drug-likeness (QED) is 0.237. The second-order valence-electron chi connectivity index (χ2n) is 9.70. The standard InChI is InChI=1S/C34H24N2/c1-2-35-32-20-25-12-4-3-11-24(25)19-29(32)28-17-15-23-10-6-8-14-27(23)34(28)36-31-18-16-22-9-5-7-13-26(22)30(31)21-33(35)36/h3-21H,2H2,1H3. The second-order valence-corrected chi connectivity index (χ2v) is 9.70. The Bertz CT molecular complexity index is 1990. The number of rotatable bonds is 1. The van der Waals surface area contributed by atoms with Gasteiger partial charge in [0.25, 0.3) is 0 Å². The summed E-state index contributed by atoms with van der Waals surface area (Å²) in [6.07, 6.45) is 0. The lowest BCUT2D eigenvalue weighted by atomic mass is 9.94. The van der Waals surface area contributed by atoms with Gasteiger partial charge in [0.15, 0.2) is 0 Å². The lowest BCUT2D eigenvalue weighted by molar-refractivity contribution is 0.972. The van der Waals surface area contributed by atoms with E-state index in [1.165, 1.54) is 71.5 Å². The lowest BCUT2D eigenvalue weighted by Gasteiger charge is -2.24. The van der Waals surface area contributed by atoms with Crippen molar-refractivity contribution in [3.63, 3.8) is 0 Å². The van der Waals surface area contributed by atoms with Gasteiger partial charge >= 0.3 is 0 Å². The Morgan fingerprint density at radius 3 is 1.94 bits per heavy atom. The van der Waals surface area contributed by atoms with E-state index in [9.17, 15) is 0 Å². The molecule has 8 rings (SSSR count). The predicted octanol–water partition coefficient (Wildman–Crippen LogP) is 9.23. The summed E-state index contributed by atoms with van der Waals surface area (Å²) in [5.41, 5.74) is 6.34. The molecule has 0 bridgehead atoms. The molecule has 0 aliphatic carbocycles. The summed E-state index contributed by atoms with van der Waals surface area (Å²) in [7, 11) is 0. The molecule has 36 heavy (non-hydrogen) atoms. The van der Waals surface area contributed by atoms with Gasteiger partial charge in [0, 0.05) is 28.4 Å². The van der Waals surface area contributed by atoms with Gasteiger partial charge in [-0.25, -0.2) is 0 Å². The molecular weight excluding hydrogens is 436 g/mol. The maximum atomic E-state index is 2.51. The van der Waals surface area contributed by atoms with Crippen molar-refractivity contribution in [2.75, 3.05) is 11.4 Å². The van der Waals surface area contributed by atoms with Crippen molar-refractivity contribution in [3.05, 3.63) is 115 Å². The van der Waals surface area contributed by atoms with E-state index >= 15 is 0 Å². The molecular formula is C34H24N2. The van der Waals surface area contributed by atoms with Crippen molar-refractivity contribution < 1.29 is 0 Å². The van der Waals surface area contributed by atoms with E-state index in [2.05, 4.69) is 132 Å². The number of benzene rings is 6. The molecule has 1 aliphatic heterocycles. The third-order valence-electron chi connectivity index (χ3n) is 7.85. The zero-order valence-corrected chi connectivity index (χ0v) is 20.1. The van der Waals surface area contributed by atoms with Gasteiger partial charge in [-0.05, 0) is 58.1 Å². The monoisotopic (exact) mass is 460 g/mol. The van der Waals surface area contributed by atoms with E-state index in [1.807, 2.05) is 0 Å². The Labute approximate surface area is 209 Å². The highest BCUT2D eigenvalue weighted by Gasteiger charge is 2.28. The fourth-order valence-electron chi connectivity index (χ4n) is 6.22. The molecule has 0 radical (unpaired) electrons. The normalized spacial score (nSPS) is 12.6. The van der Waals surface area contributed by atoms with E-state index in [-0.39, 0.29) is 0 Å². The highest BCUT2D eigenvalue weighted by Crippen LogP contribution is 2.49. The Hall–Kier alpha value is -4.56. The fourth-order valence-corrected chi connectivity index (χ4v) is 6.22. The third kappa shape index (κ3) is 2.56. The molecule has 6 aromatic carbocycles. The summed E-state index contributed by atoms with van der Waals surface area (Å²) < 4.78 is 2.51. The average Bonchev–Trinajstić information content (AvgIpc) is 3.27. The molecule has 0 N–H and O–H groups in total. The Morgan fingerprint density at radius 1 is 0.528 bits per heavy atom. The van der Waals surface area contributed by atoms with Gasteiger partial charge in [-0.1, -0.05) is 91.0 Å². The first-order valence-electron chi connectivity index (χ1n) is 12.7. The zero-order valence-electron chi connectivity index (χ0n) is 20.1. The summed E-state index contributed by atoms with van der Waals surface area (Å²) >= 11 is 0. The van der Waals surface area contributed by atoms with Crippen LogP contribution in [0.1, 0.15) is 6.92 Å². The molecule has 0 unspecified atom stereocenters. The van der Waals surface area contributed by atoms with Crippen LogP contribution >= 0.6 is 0 Å². The SMILES string of the molecule is CCN1c2cc3ccccc3cc2-c2ccc3ccccc3c2-n2c1cc1c3ccccc3ccc12. The van der Waals surface area contributed by atoms with Crippen LogP contribution in [0.2, 0.25) is 0 Å². The molecule has 0 saturated heterocycles. The summed E-state index contributed by atoms with van der Waals surface area (Å²) in [5.74, 6) is 1.22. The summed E-state index contributed by atoms with van der Waals surface area (Å²) in [6, 6.07) is 42.5. The molecule has 0 spiro atoms. The van der Waals surface area contributed by atoms with Crippen LogP contribution in [0.4, 0.5) is 11.5 Å². The molecule has 1 aliphatic rings. The molecule has 0 amide bonds. The third-order valence-corrected chi connectivity index (χ3v) is 7.85. The minimum Gasteiger partial charge on any atom is -0.327 e. The van der Waals surface area contributed by atoms with Gasteiger partial charge in [0.2, 0.25) is 0 Å². The maximum absolute atomic E-state index is 2.51. The van der Waals surface area contributed by atoms with E-state index in [4.69, 9.17) is 0 Å². The van der Waals surface area contributed by atoms with Crippen LogP contribution in [0.25, 0.3) is 60.0 Å². The van der Waals surface area contributed by atoms with Crippen molar-refractivity contribution in [3.8, 4) is 16.8 Å². The number of hydrogen-bond donors (Lipinski definition) is 0. The number of fused-ring (bicyclic) bond motifs is 12. The van der Waals surface area contributed by atoms with Crippen molar-refractivity contribution in [1.82, 2.24) is 4.57 Å². The van der Waals surface area contributed by atoms with Gasteiger partial charge in [-0.2, -0.15) is 0 Å². The van der Waals surface area contributed by atoms with Crippen molar-refractivity contribution in [1.29, 1.82) is 0 Å². The van der Waals surface area contributed by atoms with E-state index in [0.29, 0.717) is 0 Å². The van der Waals surface area contributed by atoms with Gasteiger partial charge in [-0.3, -0.25) is 4.57 Å². The first-order valence-corrected chi connectivity index (χ1v) is 12.7. The van der Waals surface area contributed by atoms with Crippen LogP contribution in [-0.4, -0.2) is 11.1 Å². The van der Waals surface area contributed by atoms with E-state index < -0.39 is 0 Å². The van der Waals surface area contributed by atoms with Gasteiger partial charge in [0.1, 0.15) is 5.82 Å². The summed E-state index contributed by atoms with van der Waals surface area (Å²) in [6.45, 7) is 3.14. The zero-order chi connectivity index (χ0) is 23.8. The summed E-state index contributed by atoms with van der Waals surface area (Å²) in [4.78, 5) is 2.49. The minimum absolute atomic E-state index is 0.880. The first kappa shape index (κ1) is 19.7. The van der Waals surface area contributed by atoms with E-state index in [1.54, 1.807) is 0 Å². The molecule has 0 fully saturated rings. The number of aromatic nitrogens is 1. The largest absolute Gasteiger partial charge is 0.327 e. The molecule has 2 heteroatoms. The fraction of sp³-hybridized carbons (Fsp3) is 0.0588. The van der Waals surface area contributed by atoms with Crippen LogP contribution in [0.5, 0.6) is 0 Å². The van der Waals surface area contributed by atoms with Crippen molar-refractivity contribution in [2.45, 2.75) is 6.92 Å². The molecule has 1 aromatic heterocycles. The lowest BCUT2D eigenvalue weighted by Crippen LogP contribution is -2.18. The van der Waals surface area contributed by atoms with Gasteiger partial charge in [-0.15, -0.1) is 0 Å². The Kier molecular flexibility index (Phi) is 3.96. The topological polar surface area (TPSA) is 8.17 Å². The van der Waals surface area contributed by atoms with Crippen LogP contribution in [0.15, 0.2) is 115 Å². The second kappa shape index (κ2) is 7.22. The molecule has 2 nitrogen and oxygen atoms in total. The Balaban J connectivity index is 1.62. The molecule has 0 saturated carbocycles. The number of hydrogen-bond acceptors (Lipinski definition) is 1. The van der Waals surface area contributed by atoms with Crippen LogP contribution in [0, 0.1) is 0 Å². The average molecular weight is 461 g/mol. The highest BCUT2D eigenvalue weighted by atomic mass is 15.3. The maximum Gasteiger partial charge on any atom is 0.118 e. The van der Waals surface area contributed by atoms with Crippen LogP contribution in [0.3, 0.4) is 0 Å². The number of nitrogens with zero attached hydrogens (tertiary/aromatic N) is 2. The smallest absolute Gasteiger partial charge is 0.118 e. The molecule has 0 atom stereocenters. The molecule has 2 heterocycles. The van der Waals surface area contributed by atoms with Crippen molar-refractivity contribution >= 4 is 54.7 Å². The molecule has 7 aromatic rings. The molecule has 170 valence electrons. The predicted molar refractivity (Wildman–Crippen MR) is 154 cm³/mol. The van der Waals surface area contributed by atoms with Crippen LogP contribution < -0.4 is 4.90 Å². The van der Waals surface area contributed by atoms with Gasteiger partial charge < -0.3 is 4.90 Å².